The minimum Gasteiger partial charge on any atom is -0.336 e. The summed E-state index contributed by atoms with van der Waals surface area (Å²) in [5, 5.41) is 3.03. The van der Waals surface area contributed by atoms with Gasteiger partial charge in [0.15, 0.2) is 0 Å². The summed E-state index contributed by atoms with van der Waals surface area (Å²) in [4.78, 5) is 29.0. The first-order chi connectivity index (χ1) is 12.9. The molecule has 2 aromatic rings. The second kappa shape index (κ2) is 8.35. The monoisotopic (exact) mass is 365 g/mol. The lowest BCUT2D eigenvalue weighted by Crippen LogP contribution is -2.50. The van der Waals surface area contributed by atoms with Gasteiger partial charge in [0, 0.05) is 37.4 Å². The minimum absolute atomic E-state index is 0.00846. The molecule has 142 valence electrons. The molecular formula is C22H27N3O2. The zero-order chi connectivity index (χ0) is 19.4. The molecule has 1 saturated heterocycles. The van der Waals surface area contributed by atoms with Crippen molar-refractivity contribution in [3.05, 3.63) is 64.7 Å². The van der Waals surface area contributed by atoms with E-state index in [0.717, 1.165) is 27.9 Å². The second-order valence-electron chi connectivity index (χ2n) is 7.25. The second-order valence-corrected chi connectivity index (χ2v) is 7.25. The van der Waals surface area contributed by atoms with Crippen molar-refractivity contribution >= 4 is 17.5 Å². The van der Waals surface area contributed by atoms with Gasteiger partial charge in [0.05, 0.1) is 6.54 Å². The van der Waals surface area contributed by atoms with Crippen molar-refractivity contribution in [1.82, 2.24) is 9.80 Å². The zero-order valence-electron chi connectivity index (χ0n) is 16.3. The summed E-state index contributed by atoms with van der Waals surface area (Å²) >= 11 is 0. The predicted molar refractivity (Wildman–Crippen MR) is 108 cm³/mol. The molecular weight excluding hydrogens is 338 g/mol. The Balaban J connectivity index is 1.52. The third kappa shape index (κ3) is 4.74. The lowest BCUT2D eigenvalue weighted by Gasteiger charge is -2.34. The van der Waals surface area contributed by atoms with Gasteiger partial charge in [0.25, 0.3) is 5.91 Å². The highest BCUT2D eigenvalue weighted by Gasteiger charge is 2.23. The Morgan fingerprint density at radius 2 is 1.56 bits per heavy atom. The maximum absolute atomic E-state index is 12.6. The molecule has 0 aromatic heterocycles. The Morgan fingerprint density at radius 3 is 2.19 bits per heavy atom. The summed E-state index contributed by atoms with van der Waals surface area (Å²) in [5.41, 5.74) is 4.85. The third-order valence-electron chi connectivity index (χ3n) is 5.04. The van der Waals surface area contributed by atoms with Crippen LogP contribution in [0.5, 0.6) is 0 Å². The van der Waals surface area contributed by atoms with Gasteiger partial charge in [0.2, 0.25) is 5.91 Å². The summed E-state index contributed by atoms with van der Waals surface area (Å²) in [6, 6.07) is 13.7. The molecule has 2 aromatic carbocycles. The molecule has 5 heteroatoms. The average molecular weight is 365 g/mol. The fraction of sp³-hybridized carbons (Fsp3) is 0.364. The Labute approximate surface area is 161 Å². The standard InChI is InChI=1S/C22H27N3O2/c1-16-6-4-9-19(14-16)22(27)25-12-10-24(11-13-25)15-20(26)23-21-17(2)7-5-8-18(21)3/h4-9,14H,10-13,15H2,1-3H3,(H,23,26). The van der Waals surface area contributed by atoms with Crippen LogP contribution in [0, 0.1) is 20.8 Å². The summed E-state index contributed by atoms with van der Waals surface area (Å²) < 4.78 is 0. The minimum atomic E-state index is -0.00846. The van der Waals surface area contributed by atoms with Crippen LogP contribution in [-0.2, 0) is 4.79 Å². The fourth-order valence-electron chi connectivity index (χ4n) is 3.46. The Morgan fingerprint density at radius 1 is 0.926 bits per heavy atom. The maximum Gasteiger partial charge on any atom is 0.253 e. The molecule has 1 heterocycles. The van der Waals surface area contributed by atoms with Gasteiger partial charge in [-0.2, -0.15) is 0 Å². The lowest BCUT2D eigenvalue weighted by molar-refractivity contribution is -0.117. The molecule has 0 saturated carbocycles. The van der Waals surface area contributed by atoms with E-state index in [9.17, 15) is 9.59 Å². The van der Waals surface area contributed by atoms with E-state index in [1.807, 2.05) is 68.1 Å². The van der Waals surface area contributed by atoms with E-state index in [0.29, 0.717) is 32.7 Å². The fourth-order valence-corrected chi connectivity index (χ4v) is 3.46. The van der Waals surface area contributed by atoms with Gasteiger partial charge >= 0.3 is 0 Å². The number of carbonyl (C=O) groups is 2. The molecule has 2 amide bonds. The summed E-state index contributed by atoms with van der Waals surface area (Å²) in [5.74, 6) is 0.0594. The molecule has 3 rings (SSSR count). The molecule has 0 bridgehead atoms. The quantitative estimate of drug-likeness (QED) is 0.906. The Kier molecular flexibility index (Phi) is 5.91. The van der Waals surface area contributed by atoms with Crippen LogP contribution in [0.2, 0.25) is 0 Å². The molecule has 0 unspecified atom stereocenters. The van der Waals surface area contributed by atoms with Crippen molar-refractivity contribution in [2.75, 3.05) is 38.0 Å². The number of amides is 2. The van der Waals surface area contributed by atoms with E-state index in [2.05, 4.69) is 10.2 Å². The van der Waals surface area contributed by atoms with Crippen molar-refractivity contribution in [2.45, 2.75) is 20.8 Å². The number of hydrogen-bond donors (Lipinski definition) is 1. The first kappa shape index (κ1) is 19.1. The van der Waals surface area contributed by atoms with Gasteiger partial charge in [0.1, 0.15) is 0 Å². The SMILES string of the molecule is Cc1cccc(C(=O)N2CCN(CC(=O)Nc3c(C)cccc3C)CC2)c1. The van der Waals surface area contributed by atoms with E-state index in [1.165, 1.54) is 0 Å². The van der Waals surface area contributed by atoms with Crippen molar-refractivity contribution < 1.29 is 9.59 Å². The van der Waals surface area contributed by atoms with Crippen LogP contribution in [0.25, 0.3) is 0 Å². The van der Waals surface area contributed by atoms with Gasteiger partial charge in [-0.05, 0) is 44.0 Å². The summed E-state index contributed by atoms with van der Waals surface area (Å²) in [6.45, 7) is 9.03. The third-order valence-corrected chi connectivity index (χ3v) is 5.04. The number of para-hydroxylation sites is 1. The molecule has 5 nitrogen and oxygen atoms in total. The number of anilines is 1. The van der Waals surface area contributed by atoms with Crippen LogP contribution < -0.4 is 5.32 Å². The number of rotatable bonds is 4. The normalized spacial score (nSPS) is 14.9. The van der Waals surface area contributed by atoms with Crippen molar-refractivity contribution in [1.29, 1.82) is 0 Å². The van der Waals surface area contributed by atoms with E-state index < -0.39 is 0 Å². The first-order valence-electron chi connectivity index (χ1n) is 9.38. The maximum atomic E-state index is 12.6. The Hall–Kier alpha value is -2.66. The Bertz CT molecular complexity index is 819. The topological polar surface area (TPSA) is 52.7 Å². The van der Waals surface area contributed by atoms with Gasteiger partial charge in [-0.25, -0.2) is 0 Å². The summed E-state index contributed by atoms with van der Waals surface area (Å²) in [6.07, 6.45) is 0. The smallest absolute Gasteiger partial charge is 0.253 e. The molecule has 27 heavy (non-hydrogen) atoms. The number of benzene rings is 2. The average Bonchev–Trinajstić information content (AvgIpc) is 2.65. The van der Waals surface area contributed by atoms with Gasteiger partial charge < -0.3 is 10.2 Å². The molecule has 1 N–H and O–H groups in total. The van der Waals surface area contributed by atoms with E-state index in [1.54, 1.807) is 0 Å². The number of nitrogens with one attached hydrogen (secondary N) is 1. The summed E-state index contributed by atoms with van der Waals surface area (Å²) in [7, 11) is 0. The van der Waals surface area contributed by atoms with Crippen molar-refractivity contribution in [3.63, 3.8) is 0 Å². The van der Waals surface area contributed by atoms with Crippen LogP contribution in [0.1, 0.15) is 27.0 Å². The van der Waals surface area contributed by atoms with Gasteiger partial charge in [-0.15, -0.1) is 0 Å². The van der Waals surface area contributed by atoms with Crippen molar-refractivity contribution in [3.8, 4) is 0 Å². The largest absolute Gasteiger partial charge is 0.336 e. The van der Waals surface area contributed by atoms with E-state index in [-0.39, 0.29) is 11.8 Å². The van der Waals surface area contributed by atoms with Gasteiger partial charge in [-0.1, -0.05) is 35.9 Å². The van der Waals surface area contributed by atoms with Crippen molar-refractivity contribution in [2.24, 2.45) is 0 Å². The van der Waals surface area contributed by atoms with Crippen LogP contribution in [0.15, 0.2) is 42.5 Å². The van der Waals surface area contributed by atoms with Crippen LogP contribution >= 0.6 is 0 Å². The molecule has 0 atom stereocenters. The van der Waals surface area contributed by atoms with Crippen LogP contribution in [0.4, 0.5) is 5.69 Å². The first-order valence-corrected chi connectivity index (χ1v) is 9.38. The zero-order valence-corrected chi connectivity index (χ0v) is 16.3. The molecule has 0 spiro atoms. The van der Waals surface area contributed by atoms with Crippen LogP contribution in [-0.4, -0.2) is 54.3 Å². The number of hydrogen-bond acceptors (Lipinski definition) is 3. The highest BCUT2D eigenvalue weighted by atomic mass is 16.2. The predicted octanol–water partition coefficient (Wildman–Crippen LogP) is 3.01. The van der Waals surface area contributed by atoms with E-state index in [4.69, 9.17) is 0 Å². The highest BCUT2D eigenvalue weighted by molar-refractivity contribution is 5.95. The highest BCUT2D eigenvalue weighted by Crippen LogP contribution is 2.19. The number of piperazine rings is 1. The lowest BCUT2D eigenvalue weighted by atomic mass is 10.1. The molecule has 0 aliphatic carbocycles. The molecule has 1 aliphatic heterocycles. The number of aryl methyl sites for hydroxylation is 3. The molecule has 1 fully saturated rings. The molecule has 1 aliphatic rings. The van der Waals surface area contributed by atoms with Gasteiger partial charge in [-0.3, -0.25) is 14.5 Å². The van der Waals surface area contributed by atoms with E-state index >= 15 is 0 Å². The number of nitrogens with zero attached hydrogens (tertiary/aromatic N) is 2. The number of carbonyl (C=O) groups excluding carboxylic acids is 2. The molecule has 0 radical (unpaired) electrons. The van der Waals surface area contributed by atoms with Crippen LogP contribution in [0.3, 0.4) is 0 Å².